The van der Waals surface area contributed by atoms with Gasteiger partial charge in [-0.15, -0.1) is 0 Å². The van der Waals surface area contributed by atoms with Gasteiger partial charge in [0, 0.05) is 12.0 Å². The summed E-state index contributed by atoms with van der Waals surface area (Å²) >= 11 is 0. The summed E-state index contributed by atoms with van der Waals surface area (Å²) in [6, 6.07) is 7.99. The van der Waals surface area contributed by atoms with E-state index in [1.54, 1.807) is 30.3 Å². The molecule has 1 aliphatic carbocycles. The summed E-state index contributed by atoms with van der Waals surface area (Å²) in [5.41, 5.74) is 0.495. The molecule has 0 heterocycles. The fourth-order valence-corrected chi connectivity index (χ4v) is 1.69. The average Bonchev–Trinajstić information content (AvgIpc) is 2.59. The lowest BCUT2D eigenvalue weighted by Crippen LogP contribution is -2.37. The number of carbonyl (C=O) groups excluding carboxylic acids is 3. The first-order valence-electron chi connectivity index (χ1n) is 5.07. The minimum absolute atomic E-state index is 0.0558. The Hall–Kier alpha value is -1.97. The van der Waals surface area contributed by atoms with Crippen molar-refractivity contribution in [1.82, 2.24) is 5.32 Å². The van der Waals surface area contributed by atoms with Crippen molar-refractivity contribution >= 4 is 17.5 Å². The summed E-state index contributed by atoms with van der Waals surface area (Å²) in [5, 5.41) is 2.57. The van der Waals surface area contributed by atoms with E-state index in [2.05, 4.69) is 5.32 Å². The first kappa shape index (κ1) is 10.5. The minimum atomic E-state index is -0.639. The maximum absolute atomic E-state index is 11.7. The van der Waals surface area contributed by atoms with E-state index in [-0.39, 0.29) is 30.3 Å². The van der Waals surface area contributed by atoms with Gasteiger partial charge in [-0.2, -0.15) is 0 Å². The molecule has 0 spiro atoms. The summed E-state index contributed by atoms with van der Waals surface area (Å²) in [6.07, 6.45) is 0.0666. The molecule has 0 aromatic heterocycles. The Labute approximate surface area is 92.6 Å². The van der Waals surface area contributed by atoms with Crippen LogP contribution in [0.5, 0.6) is 0 Å². The van der Waals surface area contributed by atoms with Gasteiger partial charge in [0.15, 0.2) is 5.78 Å². The summed E-state index contributed by atoms with van der Waals surface area (Å²) < 4.78 is 0. The lowest BCUT2D eigenvalue weighted by Gasteiger charge is -2.09. The standard InChI is InChI=1S/C12H11NO3/c14-9-6-10(11(15)7-9)13-12(16)8-4-2-1-3-5-8/h1-5,10H,6-7H2,(H,13,16). The number of rotatable bonds is 2. The highest BCUT2D eigenvalue weighted by molar-refractivity contribution is 6.11. The number of amides is 1. The maximum atomic E-state index is 11.7. The normalized spacial score (nSPS) is 19.9. The van der Waals surface area contributed by atoms with Crippen molar-refractivity contribution < 1.29 is 14.4 Å². The molecule has 1 aliphatic rings. The molecule has 4 nitrogen and oxygen atoms in total. The zero-order valence-electron chi connectivity index (χ0n) is 8.60. The van der Waals surface area contributed by atoms with Crippen molar-refractivity contribution in [3.63, 3.8) is 0 Å². The van der Waals surface area contributed by atoms with E-state index >= 15 is 0 Å². The van der Waals surface area contributed by atoms with E-state index < -0.39 is 6.04 Å². The van der Waals surface area contributed by atoms with Crippen LogP contribution in [0.4, 0.5) is 0 Å². The van der Waals surface area contributed by atoms with Gasteiger partial charge in [0.25, 0.3) is 5.91 Å². The van der Waals surface area contributed by atoms with Gasteiger partial charge in [-0.05, 0) is 12.1 Å². The van der Waals surface area contributed by atoms with Gasteiger partial charge in [-0.1, -0.05) is 18.2 Å². The van der Waals surface area contributed by atoms with Crippen LogP contribution in [0.2, 0.25) is 0 Å². The Balaban J connectivity index is 2.03. The second-order valence-corrected chi connectivity index (χ2v) is 3.78. The first-order chi connectivity index (χ1) is 7.66. The van der Waals surface area contributed by atoms with Crippen LogP contribution in [0.25, 0.3) is 0 Å². The second kappa shape index (κ2) is 4.26. The van der Waals surface area contributed by atoms with Crippen molar-refractivity contribution in [3.8, 4) is 0 Å². The van der Waals surface area contributed by atoms with E-state index in [9.17, 15) is 14.4 Å². The van der Waals surface area contributed by atoms with Crippen molar-refractivity contribution in [2.75, 3.05) is 0 Å². The van der Waals surface area contributed by atoms with Crippen LogP contribution < -0.4 is 5.32 Å². The number of hydrogen-bond acceptors (Lipinski definition) is 3. The molecule has 1 fully saturated rings. The third kappa shape index (κ3) is 2.16. The first-order valence-corrected chi connectivity index (χ1v) is 5.07. The SMILES string of the molecule is O=C1CC(=O)C(NC(=O)c2ccccc2)C1. The van der Waals surface area contributed by atoms with Crippen LogP contribution in [0.3, 0.4) is 0 Å². The molecule has 0 saturated heterocycles. The van der Waals surface area contributed by atoms with Gasteiger partial charge >= 0.3 is 0 Å². The number of benzene rings is 1. The van der Waals surface area contributed by atoms with Gasteiger partial charge in [0.2, 0.25) is 0 Å². The summed E-state index contributed by atoms with van der Waals surface area (Å²) in [5.74, 6) is -0.619. The summed E-state index contributed by atoms with van der Waals surface area (Å²) in [7, 11) is 0. The minimum Gasteiger partial charge on any atom is -0.342 e. The molecule has 1 aromatic rings. The van der Waals surface area contributed by atoms with Crippen LogP contribution >= 0.6 is 0 Å². The number of nitrogens with one attached hydrogen (secondary N) is 1. The molecule has 1 N–H and O–H groups in total. The van der Waals surface area contributed by atoms with E-state index in [4.69, 9.17) is 0 Å². The third-order valence-electron chi connectivity index (χ3n) is 2.53. The fraction of sp³-hybridized carbons (Fsp3) is 0.250. The Morgan fingerprint density at radius 3 is 2.44 bits per heavy atom. The molecule has 1 atom stereocenters. The second-order valence-electron chi connectivity index (χ2n) is 3.78. The lowest BCUT2D eigenvalue weighted by molar-refractivity contribution is -0.122. The van der Waals surface area contributed by atoms with Gasteiger partial charge in [-0.25, -0.2) is 0 Å². The monoisotopic (exact) mass is 217 g/mol. The molecule has 16 heavy (non-hydrogen) atoms. The Kier molecular flexibility index (Phi) is 2.81. The maximum Gasteiger partial charge on any atom is 0.251 e. The van der Waals surface area contributed by atoms with Crippen molar-refractivity contribution in [2.24, 2.45) is 0 Å². The average molecular weight is 217 g/mol. The molecule has 4 heteroatoms. The van der Waals surface area contributed by atoms with Crippen molar-refractivity contribution in [1.29, 1.82) is 0 Å². The van der Waals surface area contributed by atoms with Crippen molar-refractivity contribution in [3.05, 3.63) is 35.9 Å². The van der Waals surface area contributed by atoms with Crippen LogP contribution in [0.1, 0.15) is 23.2 Å². The zero-order valence-corrected chi connectivity index (χ0v) is 8.60. The number of hydrogen-bond donors (Lipinski definition) is 1. The zero-order chi connectivity index (χ0) is 11.5. The predicted molar refractivity (Wildman–Crippen MR) is 56.9 cm³/mol. The topological polar surface area (TPSA) is 63.2 Å². The van der Waals surface area contributed by atoms with Crippen molar-refractivity contribution in [2.45, 2.75) is 18.9 Å². The summed E-state index contributed by atoms with van der Waals surface area (Å²) in [4.78, 5) is 34.0. The van der Waals surface area contributed by atoms with Gasteiger partial charge in [-0.3, -0.25) is 14.4 Å². The predicted octanol–water partition coefficient (Wildman–Crippen LogP) is 0.717. The Morgan fingerprint density at radius 1 is 1.19 bits per heavy atom. The molecule has 82 valence electrons. The molecule has 2 rings (SSSR count). The van der Waals surface area contributed by atoms with E-state index in [0.29, 0.717) is 5.56 Å². The quantitative estimate of drug-likeness (QED) is 0.742. The number of ketones is 2. The highest BCUT2D eigenvalue weighted by atomic mass is 16.2. The molecule has 1 saturated carbocycles. The molecule has 0 radical (unpaired) electrons. The van der Waals surface area contributed by atoms with E-state index in [0.717, 1.165) is 0 Å². The van der Waals surface area contributed by atoms with Crippen LogP contribution in [0, 0.1) is 0 Å². The van der Waals surface area contributed by atoms with Crippen LogP contribution in [-0.2, 0) is 9.59 Å². The van der Waals surface area contributed by atoms with Gasteiger partial charge in [0.05, 0.1) is 12.5 Å². The van der Waals surface area contributed by atoms with Gasteiger partial charge in [0.1, 0.15) is 5.78 Å². The summed E-state index contributed by atoms with van der Waals surface area (Å²) in [6.45, 7) is 0. The smallest absolute Gasteiger partial charge is 0.251 e. The molecular weight excluding hydrogens is 206 g/mol. The van der Waals surface area contributed by atoms with Gasteiger partial charge < -0.3 is 5.32 Å². The number of carbonyl (C=O) groups is 3. The highest BCUT2D eigenvalue weighted by Gasteiger charge is 2.31. The number of Topliss-reactive ketones (excluding diaryl/α,β-unsaturated/α-hetero) is 2. The fourth-order valence-electron chi connectivity index (χ4n) is 1.69. The van der Waals surface area contributed by atoms with E-state index in [1.165, 1.54) is 0 Å². The molecule has 1 amide bonds. The molecule has 0 bridgehead atoms. The van der Waals surface area contributed by atoms with E-state index in [1.807, 2.05) is 0 Å². The highest BCUT2D eigenvalue weighted by Crippen LogP contribution is 2.11. The molecule has 1 aromatic carbocycles. The van der Waals surface area contributed by atoms with Crippen LogP contribution in [-0.4, -0.2) is 23.5 Å². The third-order valence-corrected chi connectivity index (χ3v) is 2.53. The lowest BCUT2D eigenvalue weighted by atomic mass is 10.2. The van der Waals surface area contributed by atoms with Crippen LogP contribution in [0.15, 0.2) is 30.3 Å². The molecular formula is C12H11NO3. The Morgan fingerprint density at radius 2 is 1.88 bits per heavy atom. The largest absolute Gasteiger partial charge is 0.342 e. The molecule has 0 aliphatic heterocycles. The molecule has 1 unspecified atom stereocenters. The Bertz CT molecular complexity index is 439.